The molecule has 0 radical (unpaired) electrons. The van der Waals surface area contributed by atoms with Crippen LogP contribution in [0.5, 0.6) is 0 Å². The fraction of sp³-hybridized carbons (Fsp3) is 0.385. The number of nitrogens with zero attached hydrogens (tertiary/aromatic N) is 3. The highest BCUT2D eigenvalue weighted by molar-refractivity contribution is 6.31. The fourth-order valence-corrected chi connectivity index (χ4v) is 2.47. The number of aromatic nitrogens is 3. The molecule has 0 atom stereocenters. The van der Waals surface area contributed by atoms with Gasteiger partial charge < -0.3 is 9.64 Å². The van der Waals surface area contributed by atoms with Crippen molar-refractivity contribution >= 4 is 17.5 Å². The van der Waals surface area contributed by atoms with Gasteiger partial charge in [0.2, 0.25) is 5.95 Å². The molecule has 0 aliphatic carbocycles. The molecule has 22 heavy (non-hydrogen) atoms. The van der Waals surface area contributed by atoms with Crippen molar-refractivity contribution in [3.63, 3.8) is 0 Å². The van der Waals surface area contributed by atoms with E-state index in [1.807, 2.05) is 4.90 Å². The Balaban J connectivity index is 1.85. The Morgan fingerprint density at radius 1 is 1.23 bits per heavy atom. The average molecular weight is 333 g/mol. The minimum atomic E-state index is -4.48. The zero-order chi connectivity index (χ0) is 15.7. The molecule has 0 saturated carbocycles. The SMILES string of the molecule is FC(F)(F)c1ccc(-c2nc(N3CCOCC3)n[nH]2)cc1Cl. The molecule has 118 valence electrons. The van der Waals surface area contributed by atoms with Gasteiger partial charge in [0.1, 0.15) is 0 Å². The first-order valence-corrected chi connectivity index (χ1v) is 6.95. The lowest BCUT2D eigenvalue weighted by Gasteiger charge is -2.25. The summed E-state index contributed by atoms with van der Waals surface area (Å²) >= 11 is 5.71. The lowest BCUT2D eigenvalue weighted by Crippen LogP contribution is -2.36. The maximum absolute atomic E-state index is 12.7. The minimum absolute atomic E-state index is 0.366. The van der Waals surface area contributed by atoms with Crippen molar-refractivity contribution in [2.75, 3.05) is 31.2 Å². The quantitative estimate of drug-likeness (QED) is 0.918. The van der Waals surface area contributed by atoms with Gasteiger partial charge in [-0.15, -0.1) is 5.10 Å². The molecule has 1 N–H and O–H groups in total. The van der Waals surface area contributed by atoms with E-state index in [9.17, 15) is 13.2 Å². The van der Waals surface area contributed by atoms with Crippen molar-refractivity contribution in [2.24, 2.45) is 0 Å². The first-order valence-electron chi connectivity index (χ1n) is 6.57. The number of hydrogen-bond acceptors (Lipinski definition) is 4. The Labute approximate surface area is 129 Å². The Bertz CT molecular complexity index is 668. The van der Waals surface area contributed by atoms with Gasteiger partial charge in [0.05, 0.1) is 23.8 Å². The molecule has 3 rings (SSSR count). The van der Waals surface area contributed by atoms with E-state index in [1.54, 1.807) is 0 Å². The molecule has 1 aromatic heterocycles. The summed E-state index contributed by atoms with van der Waals surface area (Å²) in [7, 11) is 0. The van der Waals surface area contributed by atoms with Crippen molar-refractivity contribution in [2.45, 2.75) is 6.18 Å². The third-order valence-corrected chi connectivity index (χ3v) is 3.63. The molecule has 2 heterocycles. The summed E-state index contributed by atoms with van der Waals surface area (Å²) in [5.41, 5.74) is -0.421. The van der Waals surface area contributed by atoms with Crippen molar-refractivity contribution in [3.8, 4) is 11.4 Å². The summed E-state index contributed by atoms with van der Waals surface area (Å²) in [6, 6.07) is 3.49. The van der Waals surface area contributed by atoms with Gasteiger partial charge in [0, 0.05) is 18.7 Å². The number of benzene rings is 1. The van der Waals surface area contributed by atoms with Gasteiger partial charge in [-0.25, -0.2) is 0 Å². The van der Waals surface area contributed by atoms with E-state index in [4.69, 9.17) is 16.3 Å². The maximum atomic E-state index is 12.7. The molecule has 1 aliphatic heterocycles. The lowest BCUT2D eigenvalue weighted by atomic mass is 10.1. The smallest absolute Gasteiger partial charge is 0.378 e. The molecule has 5 nitrogen and oxygen atoms in total. The summed E-state index contributed by atoms with van der Waals surface area (Å²) < 4.78 is 43.3. The molecule has 1 saturated heterocycles. The largest absolute Gasteiger partial charge is 0.417 e. The summed E-state index contributed by atoms with van der Waals surface area (Å²) in [4.78, 5) is 6.24. The molecule has 0 bridgehead atoms. The number of anilines is 1. The Hall–Kier alpha value is -1.80. The number of alkyl halides is 3. The van der Waals surface area contributed by atoms with Crippen LogP contribution in [0.15, 0.2) is 18.2 Å². The molecular formula is C13H12ClF3N4O. The highest BCUT2D eigenvalue weighted by atomic mass is 35.5. The molecule has 0 unspecified atom stereocenters. The molecule has 1 aliphatic rings. The highest BCUT2D eigenvalue weighted by Crippen LogP contribution is 2.36. The van der Waals surface area contributed by atoms with Crippen LogP contribution in [0, 0.1) is 0 Å². The summed E-state index contributed by atoms with van der Waals surface area (Å²) in [5, 5.41) is 6.44. The van der Waals surface area contributed by atoms with E-state index in [0.29, 0.717) is 43.6 Å². The number of ether oxygens (including phenoxy) is 1. The van der Waals surface area contributed by atoms with Gasteiger partial charge in [-0.2, -0.15) is 18.2 Å². The van der Waals surface area contributed by atoms with Crippen molar-refractivity contribution in [1.82, 2.24) is 15.2 Å². The number of H-pyrrole nitrogens is 1. The van der Waals surface area contributed by atoms with Crippen LogP contribution in [0.1, 0.15) is 5.56 Å². The van der Waals surface area contributed by atoms with Crippen molar-refractivity contribution in [3.05, 3.63) is 28.8 Å². The van der Waals surface area contributed by atoms with Gasteiger partial charge in [-0.3, -0.25) is 5.10 Å². The van der Waals surface area contributed by atoms with E-state index >= 15 is 0 Å². The van der Waals surface area contributed by atoms with Gasteiger partial charge in [-0.05, 0) is 12.1 Å². The average Bonchev–Trinajstić information content (AvgIpc) is 2.96. The Morgan fingerprint density at radius 3 is 2.59 bits per heavy atom. The van der Waals surface area contributed by atoms with E-state index in [1.165, 1.54) is 12.1 Å². The zero-order valence-electron chi connectivity index (χ0n) is 11.3. The number of hydrogen-bond donors (Lipinski definition) is 1. The second kappa shape index (κ2) is 5.77. The molecule has 9 heteroatoms. The second-order valence-corrected chi connectivity index (χ2v) is 5.18. The molecule has 2 aromatic rings. The van der Waals surface area contributed by atoms with E-state index in [-0.39, 0.29) is 5.02 Å². The molecule has 0 amide bonds. The maximum Gasteiger partial charge on any atom is 0.417 e. The zero-order valence-corrected chi connectivity index (χ0v) is 12.1. The molecule has 1 fully saturated rings. The van der Waals surface area contributed by atoms with Crippen LogP contribution in [0.25, 0.3) is 11.4 Å². The first-order chi connectivity index (χ1) is 10.4. The van der Waals surface area contributed by atoms with Crippen LogP contribution >= 0.6 is 11.6 Å². The van der Waals surface area contributed by atoms with Gasteiger partial charge in [0.25, 0.3) is 0 Å². The van der Waals surface area contributed by atoms with E-state index in [2.05, 4.69) is 15.2 Å². The van der Waals surface area contributed by atoms with Crippen LogP contribution in [0.2, 0.25) is 5.02 Å². The fourth-order valence-electron chi connectivity index (χ4n) is 2.18. The first kappa shape index (κ1) is 15.1. The summed E-state index contributed by atoms with van der Waals surface area (Å²) in [5.74, 6) is 0.867. The van der Waals surface area contributed by atoms with Crippen molar-refractivity contribution in [1.29, 1.82) is 0 Å². The lowest BCUT2D eigenvalue weighted by molar-refractivity contribution is -0.137. The number of aromatic amines is 1. The molecule has 1 aromatic carbocycles. The summed E-state index contributed by atoms with van der Waals surface area (Å²) in [6.45, 7) is 2.53. The Morgan fingerprint density at radius 2 is 1.95 bits per heavy atom. The van der Waals surface area contributed by atoms with Gasteiger partial charge >= 0.3 is 6.18 Å². The number of rotatable bonds is 2. The normalized spacial score (nSPS) is 16.1. The van der Waals surface area contributed by atoms with E-state index < -0.39 is 11.7 Å². The van der Waals surface area contributed by atoms with Crippen LogP contribution < -0.4 is 4.90 Å². The predicted molar refractivity (Wildman–Crippen MR) is 74.9 cm³/mol. The van der Waals surface area contributed by atoms with Gasteiger partial charge in [0.15, 0.2) is 5.82 Å². The van der Waals surface area contributed by atoms with Crippen LogP contribution in [0.4, 0.5) is 19.1 Å². The third kappa shape index (κ3) is 3.02. The monoisotopic (exact) mass is 332 g/mol. The van der Waals surface area contributed by atoms with Crippen molar-refractivity contribution < 1.29 is 17.9 Å². The topological polar surface area (TPSA) is 54.0 Å². The van der Waals surface area contributed by atoms with E-state index in [0.717, 1.165) is 6.07 Å². The number of morpholine rings is 1. The number of nitrogens with one attached hydrogen (secondary N) is 1. The predicted octanol–water partition coefficient (Wildman–Crippen LogP) is 2.98. The standard InChI is InChI=1S/C13H12ClF3N4O/c14-10-7-8(1-2-9(10)13(15,16)17)11-18-12(20-19-11)21-3-5-22-6-4-21/h1-2,7H,3-6H2,(H,18,19,20). The van der Waals surface area contributed by atoms with Crippen LogP contribution in [-0.4, -0.2) is 41.5 Å². The molecule has 0 spiro atoms. The summed E-state index contributed by atoms with van der Waals surface area (Å²) in [6.07, 6.45) is -4.48. The minimum Gasteiger partial charge on any atom is -0.378 e. The number of halogens is 4. The van der Waals surface area contributed by atoms with Crippen LogP contribution in [-0.2, 0) is 10.9 Å². The second-order valence-electron chi connectivity index (χ2n) is 4.78. The van der Waals surface area contributed by atoms with Crippen LogP contribution in [0.3, 0.4) is 0 Å². The highest BCUT2D eigenvalue weighted by Gasteiger charge is 2.33. The molecular weight excluding hydrogens is 321 g/mol. The third-order valence-electron chi connectivity index (χ3n) is 3.32. The Kier molecular flexibility index (Phi) is 3.96. The van der Waals surface area contributed by atoms with Gasteiger partial charge in [-0.1, -0.05) is 17.7 Å².